The van der Waals surface area contributed by atoms with Gasteiger partial charge in [-0.1, -0.05) is 78.3 Å². The molecule has 1 aliphatic rings. The summed E-state index contributed by atoms with van der Waals surface area (Å²) in [5, 5.41) is 5.80. The summed E-state index contributed by atoms with van der Waals surface area (Å²) in [5.74, 6) is 0.713. The Morgan fingerprint density at radius 2 is 1.56 bits per heavy atom. The maximum absolute atomic E-state index is 6.17. The molecule has 0 bridgehead atoms. The number of rotatable bonds is 4. The van der Waals surface area contributed by atoms with Gasteiger partial charge in [0.25, 0.3) is 0 Å². The van der Waals surface area contributed by atoms with E-state index in [1.54, 1.807) is 12.1 Å². The van der Waals surface area contributed by atoms with Gasteiger partial charge in [0.05, 0.1) is 21.4 Å². The molecule has 132 valence electrons. The Labute approximate surface area is 164 Å². The predicted molar refractivity (Wildman–Crippen MR) is 110 cm³/mol. The van der Waals surface area contributed by atoms with Crippen LogP contribution in [-0.4, -0.2) is 5.71 Å². The summed E-state index contributed by atoms with van der Waals surface area (Å²) in [6.45, 7) is 1.96. The summed E-state index contributed by atoms with van der Waals surface area (Å²) in [5.41, 5.74) is 6.90. The van der Waals surface area contributed by atoms with E-state index in [0.29, 0.717) is 26.7 Å². The van der Waals surface area contributed by atoms with E-state index >= 15 is 0 Å². The molecule has 0 radical (unpaired) electrons. The molecule has 0 saturated heterocycles. The van der Waals surface area contributed by atoms with Gasteiger partial charge in [-0.15, -0.1) is 0 Å². The highest BCUT2D eigenvalue weighted by molar-refractivity contribution is 6.41. The minimum atomic E-state index is 0.446. The molecule has 25 heavy (non-hydrogen) atoms. The fraction of sp³-hybridized carbons (Fsp3) is 0.350. The molecule has 0 spiro atoms. The Hall–Kier alpha value is -1.22. The smallest absolute Gasteiger partial charge is 0.0935 e. The van der Waals surface area contributed by atoms with Gasteiger partial charge in [0, 0.05) is 5.02 Å². The van der Waals surface area contributed by atoms with Gasteiger partial charge in [0.2, 0.25) is 0 Å². The standard InChI is InChI=1S/C20H21Cl3N2/c1-13(24-25-20-18(22)11-17(21)12-19(20)23)14-7-9-16(10-8-14)15-5-3-2-4-6-15/h7-12,15,25H,2-6H2,1H3. The molecule has 0 amide bonds. The molecule has 0 unspecified atom stereocenters. The third-order valence-electron chi connectivity index (χ3n) is 4.75. The SMILES string of the molecule is CC(=NNc1c(Cl)cc(Cl)cc1Cl)c1ccc(C2CCCCC2)cc1. The summed E-state index contributed by atoms with van der Waals surface area (Å²) < 4.78 is 0. The van der Waals surface area contributed by atoms with Crippen molar-refractivity contribution in [1.82, 2.24) is 0 Å². The first-order chi connectivity index (χ1) is 12.0. The van der Waals surface area contributed by atoms with Crippen molar-refractivity contribution in [3.8, 4) is 0 Å². The van der Waals surface area contributed by atoms with Gasteiger partial charge in [-0.2, -0.15) is 5.10 Å². The number of nitrogens with one attached hydrogen (secondary N) is 1. The monoisotopic (exact) mass is 394 g/mol. The highest BCUT2D eigenvalue weighted by Gasteiger charge is 2.15. The van der Waals surface area contributed by atoms with Crippen LogP contribution >= 0.6 is 34.8 Å². The van der Waals surface area contributed by atoms with Crippen LogP contribution in [0.2, 0.25) is 15.1 Å². The molecule has 0 atom stereocenters. The Balaban J connectivity index is 1.72. The largest absolute Gasteiger partial charge is 0.275 e. The fourth-order valence-electron chi connectivity index (χ4n) is 3.29. The van der Waals surface area contributed by atoms with E-state index in [1.807, 2.05) is 6.92 Å². The second-order valence-electron chi connectivity index (χ2n) is 6.51. The average molecular weight is 396 g/mol. The summed E-state index contributed by atoms with van der Waals surface area (Å²) >= 11 is 18.3. The normalized spacial score (nSPS) is 16.1. The van der Waals surface area contributed by atoms with Crippen molar-refractivity contribution in [3.05, 3.63) is 62.6 Å². The topological polar surface area (TPSA) is 24.4 Å². The highest BCUT2D eigenvalue weighted by atomic mass is 35.5. The second-order valence-corrected chi connectivity index (χ2v) is 7.76. The number of hydrogen-bond donors (Lipinski definition) is 1. The third-order valence-corrected chi connectivity index (χ3v) is 5.56. The highest BCUT2D eigenvalue weighted by Crippen LogP contribution is 2.34. The molecule has 1 N–H and O–H groups in total. The molecule has 3 rings (SSSR count). The summed E-state index contributed by atoms with van der Waals surface area (Å²) in [7, 11) is 0. The van der Waals surface area contributed by atoms with Crippen LogP contribution in [0.15, 0.2) is 41.5 Å². The van der Waals surface area contributed by atoms with Gasteiger partial charge in [-0.25, -0.2) is 0 Å². The first kappa shape index (κ1) is 18.6. The summed E-state index contributed by atoms with van der Waals surface area (Å²) in [4.78, 5) is 0. The van der Waals surface area contributed by atoms with Crippen molar-refractivity contribution in [2.24, 2.45) is 5.10 Å². The van der Waals surface area contributed by atoms with E-state index in [-0.39, 0.29) is 0 Å². The van der Waals surface area contributed by atoms with Crippen LogP contribution in [0, 0.1) is 0 Å². The first-order valence-corrected chi connectivity index (χ1v) is 9.73. The molecule has 5 heteroatoms. The number of halogens is 3. The van der Waals surface area contributed by atoms with E-state index in [9.17, 15) is 0 Å². The van der Waals surface area contributed by atoms with Gasteiger partial charge in [-0.05, 0) is 48.9 Å². The van der Waals surface area contributed by atoms with Crippen LogP contribution < -0.4 is 5.43 Å². The van der Waals surface area contributed by atoms with Crippen molar-refractivity contribution < 1.29 is 0 Å². The van der Waals surface area contributed by atoms with Crippen molar-refractivity contribution in [2.45, 2.75) is 44.9 Å². The van der Waals surface area contributed by atoms with Crippen molar-refractivity contribution in [3.63, 3.8) is 0 Å². The lowest BCUT2D eigenvalue weighted by Gasteiger charge is -2.22. The number of nitrogens with zero attached hydrogens (tertiary/aromatic N) is 1. The lowest BCUT2D eigenvalue weighted by atomic mass is 9.84. The van der Waals surface area contributed by atoms with Crippen LogP contribution in [0.4, 0.5) is 5.69 Å². The minimum absolute atomic E-state index is 0.446. The zero-order valence-corrected chi connectivity index (χ0v) is 16.4. The van der Waals surface area contributed by atoms with Crippen molar-refractivity contribution >= 4 is 46.2 Å². The third kappa shape index (κ3) is 4.69. The molecule has 1 fully saturated rings. The Morgan fingerprint density at radius 1 is 0.960 bits per heavy atom. The molecule has 0 aliphatic heterocycles. The Kier molecular flexibility index (Phi) is 6.27. The molecule has 2 aromatic rings. The maximum Gasteiger partial charge on any atom is 0.0935 e. The van der Waals surface area contributed by atoms with Crippen LogP contribution in [0.3, 0.4) is 0 Å². The molecule has 2 aromatic carbocycles. The van der Waals surface area contributed by atoms with Gasteiger partial charge >= 0.3 is 0 Å². The quantitative estimate of drug-likeness (QED) is 0.420. The zero-order chi connectivity index (χ0) is 17.8. The number of hydrazone groups is 1. The molecule has 0 aromatic heterocycles. The van der Waals surface area contributed by atoms with E-state index in [2.05, 4.69) is 34.8 Å². The van der Waals surface area contributed by atoms with Gasteiger partial charge in [-0.3, -0.25) is 5.43 Å². The predicted octanol–water partition coefficient (Wildman–Crippen LogP) is 7.53. The maximum atomic E-state index is 6.17. The minimum Gasteiger partial charge on any atom is -0.275 e. The molecular formula is C20H21Cl3N2. The van der Waals surface area contributed by atoms with E-state index in [0.717, 1.165) is 11.3 Å². The summed E-state index contributed by atoms with van der Waals surface area (Å²) in [6, 6.07) is 12.0. The van der Waals surface area contributed by atoms with Gasteiger partial charge in [0.15, 0.2) is 0 Å². The molecule has 0 heterocycles. The fourth-order valence-corrected chi connectivity index (χ4v) is 4.19. The van der Waals surface area contributed by atoms with E-state index in [4.69, 9.17) is 34.8 Å². The Morgan fingerprint density at radius 3 is 2.16 bits per heavy atom. The molecule has 1 aliphatic carbocycles. The van der Waals surface area contributed by atoms with Crippen LogP contribution in [0.5, 0.6) is 0 Å². The first-order valence-electron chi connectivity index (χ1n) is 8.60. The molecule has 1 saturated carbocycles. The van der Waals surface area contributed by atoms with Gasteiger partial charge in [0.1, 0.15) is 0 Å². The van der Waals surface area contributed by atoms with Crippen molar-refractivity contribution in [2.75, 3.05) is 5.43 Å². The van der Waals surface area contributed by atoms with Crippen LogP contribution in [0.25, 0.3) is 0 Å². The molecular weight excluding hydrogens is 375 g/mol. The number of benzene rings is 2. The Bertz CT molecular complexity index is 740. The van der Waals surface area contributed by atoms with Crippen LogP contribution in [0.1, 0.15) is 56.1 Å². The zero-order valence-electron chi connectivity index (χ0n) is 14.2. The number of hydrogen-bond acceptors (Lipinski definition) is 2. The second kappa shape index (κ2) is 8.44. The van der Waals surface area contributed by atoms with Crippen LogP contribution in [-0.2, 0) is 0 Å². The lowest BCUT2D eigenvalue weighted by Crippen LogP contribution is -2.05. The summed E-state index contributed by atoms with van der Waals surface area (Å²) in [6.07, 6.45) is 6.68. The van der Waals surface area contributed by atoms with Crippen molar-refractivity contribution in [1.29, 1.82) is 0 Å². The van der Waals surface area contributed by atoms with E-state index < -0.39 is 0 Å². The van der Waals surface area contributed by atoms with E-state index in [1.165, 1.54) is 37.7 Å². The van der Waals surface area contributed by atoms with Gasteiger partial charge < -0.3 is 0 Å². The average Bonchev–Trinajstić information content (AvgIpc) is 2.61. The lowest BCUT2D eigenvalue weighted by molar-refractivity contribution is 0.443. The number of anilines is 1. The molecule has 2 nitrogen and oxygen atoms in total.